The molecule has 0 aliphatic carbocycles. The minimum absolute atomic E-state index is 0.0728. The summed E-state index contributed by atoms with van der Waals surface area (Å²) in [6.45, 7) is 3.96. The second-order valence-corrected chi connectivity index (χ2v) is 16.9. The third-order valence-electron chi connectivity index (χ3n) is 11.0. The average molecular weight is 837 g/mol. The lowest BCUT2D eigenvalue weighted by atomic mass is 10.0. The minimum atomic E-state index is -0.778. The molecule has 0 aliphatic heterocycles. The molecule has 0 aromatic rings. The Morgan fingerprint density at radius 3 is 1.08 bits per heavy atom. The molecule has 0 bridgehead atoms. The molecule has 5 heteroatoms. The summed E-state index contributed by atoms with van der Waals surface area (Å²) in [5, 5.41) is 9.60. The number of hydrogen-bond acceptors (Lipinski definition) is 5. The molecule has 0 heterocycles. The van der Waals surface area contributed by atoms with Gasteiger partial charge < -0.3 is 14.6 Å². The van der Waals surface area contributed by atoms with E-state index < -0.39 is 6.10 Å². The van der Waals surface area contributed by atoms with Gasteiger partial charge in [-0.1, -0.05) is 228 Å². The zero-order valence-electron chi connectivity index (χ0n) is 39.5. The lowest BCUT2D eigenvalue weighted by Crippen LogP contribution is -2.28. The number of ether oxygens (including phenoxy) is 2. The van der Waals surface area contributed by atoms with Gasteiger partial charge in [0.2, 0.25) is 0 Å². The van der Waals surface area contributed by atoms with E-state index in [0.29, 0.717) is 12.8 Å². The third-order valence-corrected chi connectivity index (χ3v) is 11.0. The van der Waals surface area contributed by atoms with Gasteiger partial charge in [0.15, 0.2) is 6.10 Å². The van der Waals surface area contributed by atoms with Crippen LogP contribution in [0.25, 0.3) is 0 Å². The molecule has 0 saturated heterocycles. The van der Waals surface area contributed by atoms with Gasteiger partial charge in [0.05, 0.1) is 6.61 Å². The lowest BCUT2D eigenvalue weighted by Gasteiger charge is -2.15. The monoisotopic (exact) mass is 837 g/mol. The van der Waals surface area contributed by atoms with Crippen LogP contribution in [0.5, 0.6) is 0 Å². The molecule has 0 aromatic heterocycles. The second-order valence-electron chi connectivity index (χ2n) is 16.9. The standard InChI is InChI=1S/C55H96O5/c1-3-5-7-9-11-13-15-17-18-19-20-21-22-23-24-25-26-27-28-29-30-31-32-33-34-35-36-38-40-42-44-46-48-50-55(58)60-53(51-56)52-59-54(57)49-47-45-43-41-39-37-16-14-12-10-8-6-4-2/h5,7-8,10-11,13-14,16-18,20-21,53,56H,3-4,6,9,12,15,19,22-52H2,1-2H3/b7-5-,10-8-,13-11-,16-14-,18-17-,21-20-. The Bertz CT molecular complexity index is 1080. The summed E-state index contributed by atoms with van der Waals surface area (Å²) >= 11 is 0. The van der Waals surface area contributed by atoms with E-state index in [4.69, 9.17) is 9.47 Å². The molecule has 0 radical (unpaired) electrons. The number of aliphatic hydroxyl groups is 1. The van der Waals surface area contributed by atoms with Crippen LogP contribution < -0.4 is 0 Å². The number of allylic oxidation sites excluding steroid dienone is 12. The number of carbonyl (C=O) groups excluding carboxylic acids is 2. The Hall–Kier alpha value is -2.66. The molecule has 1 atom stereocenters. The fourth-order valence-electron chi connectivity index (χ4n) is 7.17. The summed E-state index contributed by atoms with van der Waals surface area (Å²) in [5.41, 5.74) is 0. The van der Waals surface area contributed by atoms with Crippen molar-refractivity contribution >= 4 is 11.9 Å². The maximum atomic E-state index is 12.3. The van der Waals surface area contributed by atoms with Gasteiger partial charge in [0.1, 0.15) is 6.61 Å². The van der Waals surface area contributed by atoms with Gasteiger partial charge >= 0.3 is 11.9 Å². The second kappa shape index (κ2) is 50.7. The quantitative estimate of drug-likeness (QED) is 0.0376. The number of unbranched alkanes of at least 4 members (excludes halogenated alkanes) is 26. The molecule has 0 aliphatic rings. The first-order chi connectivity index (χ1) is 29.6. The Balaban J connectivity index is 3.44. The van der Waals surface area contributed by atoms with Crippen molar-refractivity contribution in [3.63, 3.8) is 0 Å². The highest BCUT2D eigenvalue weighted by atomic mass is 16.6. The first-order valence-corrected chi connectivity index (χ1v) is 25.5. The van der Waals surface area contributed by atoms with E-state index in [0.717, 1.165) is 83.5 Å². The summed E-state index contributed by atoms with van der Waals surface area (Å²) in [6.07, 6.45) is 68.7. The molecular formula is C55H96O5. The SMILES string of the molecule is CC/C=C\C/C=C\C/C=C\C/C=C\CCCCCCCCCCCCCCCCCCCCCCC(=O)OC(CO)COC(=O)CCCCCCC/C=C\C/C=C\CCC. The lowest BCUT2D eigenvalue weighted by molar-refractivity contribution is -0.161. The number of rotatable bonds is 46. The molecule has 346 valence electrons. The first kappa shape index (κ1) is 57.3. The maximum Gasteiger partial charge on any atom is 0.306 e. The van der Waals surface area contributed by atoms with Crippen LogP contribution in [0.1, 0.15) is 245 Å². The van der Waals surface area contributed by atoms with Crippen LogP contribution >= 0.6 is 0 Å². The van der Waals surface area contributed by atoms with Crippen LogP contribution in [0.4, 0.5) is 0 Å². The van der Waals surface area contributed by atoms with E-state index in [1.54, 1.807) is 0 Å². The number of aliphatic hydroxyl groups excluding tert-OH is 1. The molecule has 0 fully saturated rings. The van der Waals surface area contributed by atoms with Gasteiger partial charge in [-0.05, 0) is 77.0 Å². The topological polar surface area (TPSA) is 72.8 Å². The number of esters is 2. The zero-order chi connectivity index (χ0) is 43.5. The van der Waals surface area contributed by atoms with Crippen molar-refractivity contribution in [3.05, 3.63) is 72.9 Å². The Kier molecular flexibility index (Phi) is 48.4. The zero-order valence-corrected chi connectivity index (χ0v) is 39.5. The van der Waals surface area contributed by atoms with E-state index in [1.165, 1.54) is 135 Å². The van der Waals surface area contributed by atoms with E-state index in [2.05, 4.69) is 86.8 Å². The first-order valence-electron chi connectivity index (χ1n) is 25.5. The molecular weight excluding hydrogens is 741 g/mol. The smallest absolute Gasteiger partial charge is 0.306 e. The molecule has 1 N–H and O–H groups in total. The van der Waals surface area contributed by atoms with E-state index in [-0.39, 0.29) is 25.2 Å². The van der Waals surface area contributed by atoms with Gasteiger partial charge in [-0.25, -0.2) is 0 Å². The summed E-state index contributed by atoms with van der Waals surface area (Å²) < 4.78 is 10.6. The third kappa shape index (κ3) is 48.0. The van der Waals surface area contributed by atoms with Crippen LogP contribution in [0, 0.1) is 0 Å². The van der Waals surface area contributed by atoms with E-state index in [1.807, 2.05) is 0 Å². The molecule has 0 aromatic carbocycles. The van der Waals surface area contributed by atoms with Crippen LogP contribution in [0.2, 0.25) is 0 Å². The Morgan fingerprint density at radius 2 is 0.717 bits per heavy atom. The van der Waals surface area contributed by atoms with E-state index >= 15 is 0 Å². The van der Waals surface area contributed by atoms with Crippen molar-refractivity contribution in [2.75, 3.05) is 13.2 Å². The van der Waals surface area contributed by atoms with Gasteiger partial charge in [-0.15, -0.1) is 0 Å². The van der Waals surface area contributed by atoms with Crippen LogP contribution in [-0.4, -0.2) is 36.4 Å². The fraction of sp³-hybridized carbons (Fsp3) is 0.745. The van der Waals surface area contributed by atoms with Crippen molar-refractivity contribution in [3.8, 4) is 0 Å². The van der Waals surface area contributed by atoms with Gasteiger partial charge in [0, 0.05) is 12.8 Å². The average Bonchev–Trinajstić information content (AvgIpc) is 3.25. The van der Waals surface area contributed by atoms with Crippen molar-refractivity contribution in [1.29, 1.82) is 0 Å². The molecule has 0 spiro atoms. The molecule has 0 rings (SSSR count). The van der Waals surface area contributed by atoms with Crippen molar-refractivity contribution in [1.82, 2.24) is 0 Å². The van der Waals surface area contributed by atoms with Gasteiger partial charge in [0.25, 0.3) is 0 Å². The minimum Gasteiger partial charge on any atom is -0.462 e. The molecule has 60 heavy (non-hydrogen) atoms. The molecule has 0 amide bonds. The summed E-state index contributed by atoms with van der Waals surface area (Å²) in [5.74, 6) is -0.602. The predicted molar refractivity (Wildman–Crippen MR) is 260 cm³/mol. The fourth-order valence-corrected chi connectivity index (χ4v) is 7.17. The van der Waals surface area contributed by atoms with Gasteiger partial charge in [-0.2, -0.15) is 0 Å². The maximum absolute atomic E-state index is 12.3. The van der Waals surface area contributed by atoms with E-state index in [9.17, 15) is 14.7 Å². The summed E-state index contributed by atoms with van der Waals surface area (Å²) in [7, 11) is 0. The molecule has 1 unspecified atom stereocenters. The van der Waals surface area contributed by atoms with Crippen LogP contribution in [-0.2, 0) is 19.1 Å². The van der Waals surface area contributed by atoms with Gasteiger partial charge in [-0.3, -0.25) is 9.59 Å². The van der Waals surface area contributed by atoms with Crippen LogP contribution in [0.3, 0.4) is 0 Å². The highest BCUT2D eigenvalue weighted by Gasteiger charge is 2.16. The largest absolute Gasteiger partial charge is 0.462 e. The molecule has 0 saturated carbocycles. The summed E-state index contributed by atoms with van der Waals surface area (Å²) in [6, 6.07) is 0. The highest BCUT2D eigenvalue weighted by Crippen LogP contribution is 2.16. The number of carbonyl (C=O) groups is 2. The van der Waals surface area contributed by atoms with Crippen molar-refractivity contribution in [2.24, 2.45) is 0 Å². The summed E-state index contributed by atoms with van der Waals surface area (Å²) in [4.78, 5) is 24.4. The molecule has 5 nitrogen and oxygen atoms in total. The normalized spacial score (nSPS) is 12.8. The Labute approximate surface area is 372 Å². The van der Waals surface area contributed by atoms with Crippen molar-refractivity contribution in [2.45, 2.75) is 251 Å². The Morgan fingerprint density at radius 1 is 0.400 bits per heavy atom. The predicted octanol–water partition coefficient (Wildman–Crippen LogP) is 16.9. The van der Waals surface area contributed by atoms with Crippen molar-refractivity contribution < 1.29 is 24.2 Å². The highest BCUT2D eigenvalue weighted by molar-refractivity contribution is 5.70. The van der Waals surface area contributed by atoms with Crippen LogP contribution in [0.15, 0.2) is 72.9 Å². The number of hydrogen-bond donors (Lipinski definition) is 1.